The second kappa shape index (κ2) is 5.51. The summed E-state index contributed by atoms with van der Waals surface area (Å²) in [5, 5.41) is 9.24. The molecule has 1 unspecified atom stereocenters. The Hall–Kier alpha value is -2.24. The maximum Gasteiger partial charge on any atom is 0.411 e. The lowest BCUT2D eigenvalue weighted by Gasteiger charge is -2.62. The van der Waals surface area contributed by atoms with Crippen molar-refractivity contribution in [1.29, 1.82) is 0 Å². The third kappa shape index (κ3) is 2.38. The quantitative estimate of drug-likeness (QED) is 0.932. The van der Waals surface area contributed by atoms with E-state index in [-0.39, 0.29) is 12.0 Å². The largest absolute Gasteiger partial charge is 0.465 e. The van der Waals surface area contributed by atoms with Crippen molar-refractivity contribution < 1.29 is 19.4 Å². The van der Waals surface area contributed by atoms with Gasteiger partial charge >= 0.3 is 12.2 Å². The molecule has 1 N–H and O–H groups in total. The Morgan fingerprint density at radius 2 is 2.05 bits per heavy atom. The second-order valence-corrected chi connectivity index (χ2v) is 6.15. The summed E-state index contributed by atoms with van der Waals surface area (Å²) in [6.07, 6.45) is 1.17. The molecule has 6 heteroatoms. The molecule has 1 spiro atoms. The van der Waals surface area contributed by atoms with Gasteiger partial charge in [-0.25, -0.2) is 9.59 Å². The van der Waals surface area contributed by atoms with Crippen LogP contribution in [0, 0.1) is 5.41 Å². The zero-order chi connectivity index (χ0) is 15.7. The van der Waals surface area contributed by atoms with Crippen molar-refractivity contribution in [2.75, 3.05) is 13.6 Å². The first-order valence-corrected chi connectivity index (χ1v) is 7.47. The molecule has 1 saturated carbocycles. The van der Waals surface area contributed by atoms with Crippen LogP contribution in [0.1, 0.15) is 24.8 Å². The van der Waals surface area contributed by atoms with Crippen LogP contribution in [0.3, 0.4) is 0 Å². The predicted molar refractivity (Wildman–Crippen MR) is 79.2 cm³/mol. The van der Waals surface area contributed by atoms with Gasteiger partial charge in [0, 0.05) is 19.0 Å². The molecule has 1 aromatic rings. The maximum absolute atomic E-state index is 12.2. The Bertz CT molecular complexity index is 571. The summed E-state index contributed by atoms with van der Waals surface area (Å²) in [6.45, 7) is 0.708. The highest BCUT2D eigenvalue weighted by Crippen LogP contribution is 2.53. The molecule has 2 aliphatic rings. The van der Waals surface area contributed by atoms with E-state index in [0.717, 1.165) is 24.8 Å². The number of amides is 2. The second-order valence-electron chi connectivity index (χ2n) is 6.15. The van der Waals surface area contributed by atoms with Crippen molar-refractivity contribution in [2.24, 2.45) is 5.41 Å². The Kier molecular flexibility index (Phi) is 3.68. The highest BCUT2D eigenvalue weighted by atomic mass is 16.6. The average Bonchev–Trinajstić information content (AvgIpc) is 2.42. The zero-order valence-corrected chi connectivity index (χ0v) is 12.6. The van der Waals surface area contributed by atoms with E-state index in [2.05, 4.69) is 0 Å². The van der Waals surface area contributed by atoms with Crippen LogP contribution in [0.25, 0.3) is 0 Å². The van der Waals surface area contributed by atoms with Gasteiger partial charge in [-0.05, 0) is 18.4 Å². The molecule has 0 bridgehead atoms. The molecule has 22 heavy (non-hydrogen) atoms. The van der Waals surface area contributed by atoms with Gasteiger partial charge in [-0.2, -0.15) is 0 Å². The van der Waals surface area contributed by atoms with Gasteiger partial charge in [0.2, 0.25) is 0 Å². The first-order valence-electron chi connectivity index (χ1n) is 7.47. The van der Waals surface area contributed by atoms with Crippen molar-refractivity contribution in [3.8, 4) is 0 Å². The van der Waals surface area contributed by atoms with Crippen LogP contribution in [0.5, 0.6) is 0 Å². The number of rotatable bonds is 3. The Labute approximate surface area is 129 Å². The number of hydrogen-bond acceptors (Lipinski definition) is 3. The molecule has 0 radical (unpaired) electrons. The van der Waals surface area contributed by atoms with Crippen LogP contribution in [0.15, 0.2) is 30.3 Å². The van der Waals surface area contributed by atoms with Gasteiger partial charge < -0.3 is 9.84 Å². The lowest BCUT2D eigenvalue weighted by Crippen LogP contribution is -2.74. The first kappa shape index (κ1) is 14.7. The van der Waals surface area contributed by atoms with Crippen molar-refractivity contribution in [3.63, 3.8) is 0 Å². The number of carboxylic acid groups (broad SMARTS) is 1. The molecule has 1 aliphatic heterocycles. The van der Waals surface area contributed by atoms with E-state index >= 15 is 0 Å². The van der Waals surface area contributed by atoms with E-state index in [4.69, 9.17) is 4.74 Å². The topological polar surface area (TPSA) is 70.1 Å². The fraction of sp³-hybridized carbons (Fsp3) is 0.500. The molecule has 6 nitrogen and oxygen atoms in total. The van der Waals surface area contributed by atoms with Gasteiger partial charge in [0.25, 0.3) is 0 Å². The number of hydrogen-bond donors (Lipinski definition) is 1. The third-order valence-electron chi connectivity index (χ3n) is 4.78. The van der Waals surface area contributed by atoms with E-state index in [1.165, 1.54) is 9.80 Å². The van der Waals surface area contributed by atoms with Crippen molar-refractivity contribution >= 4 is 12.2 Å². The molecule has 3 rings (SSSR count). The van der Waals surface area contributed by atoms with Crippen LogP contribution in [-0.4, -0.2) is 46.9 Å². The number of carbonyl (C=O) groups excluding carboxylic acids is 1. The fourth-order valence-electron chi connectivity index (χ4n) is 3.49. The smallest absolute Gasteiger partial charge is 0.411 e. The minimum absolute atomic E-state index is 0.0566. The van der Waals surface area contributed by atoms with E-state index in [1.807, 2.05) is 30.3 Å². The summed E-state index contributed by atoms with van der Waals surface area (Å²) in [6, 6.07) is 9.43. The highest BCUT2D eigenvalue weighted by molar-refractivity contribution is 5.72. The van der Waals surface area contributed by atoms with Crippen LogP contribution < -0.4 is 0 Å². The van der Waals surface area contributed by atoms with Crippen molar-refractivity contribution in [3.05, 3.63) is 35.9 Å². The number of ether oxygens (including phenoxy) is 1. The molecular formula is C16H20N2O4. The van der Waals surface area contributed by atoms with Crippen molar-refractivity contribution in [2.45, 2.75) is 32.0 Å². The van der Waals surface area contributed by atoms with E-state index in [0.29, 0.717) is 6.54 Å². The lowest BCUT2D eigenvalue weighted by atomic mass is 9.60. The normalized spacial score (nSPS) is 21.7. The van der Waals surface area contributed by atoms with Gasteiger partial charge in [0.15, 0.2) is 0 Å². The summed E-state index contributed by atoms with van der Waals surface area (Å²) in [7, 11) is 1.62. The minimum atomic E-state index is -0.981. The minimum Gasteiger partial charge on any atom is -0.465 e. The molecule has 0 aromatic heterocycles. The average molecular weight is 304 g/mol. The molecule has 1 atom stereocenters. The van der Waals surface area contributed by atoms with Gasteiger partial charge in [-0.1, -0.05) is 36.8 Å². The van der Waals surface area contributed by atoms with Crippen LogP contribution >= 0.6 is 0 Å². The fourth-order valence-corrected chi connectivity index (χ4v) is 3.49. The molecular weight excluding hydrogens is 284 g/mol. The first-order chi connectivity index (χ1) is 10.5. The molecule has 118 valence electrons. The van der Waals surface area contributed by atoms with Crippen LogP contribution in [0.4, 0.5) is 9.59 Å². The van der Waals surface area contributed by atoms with Gasteiger partial charge in [0.1, 0.15) is 12.8 Å². The molecule has 2 fully saturated rings. The molecule has 1 heterocycles. The van der Waals surface area contributed by atoms with E-state index in [9.17, 15) is 14.7 Å². The summed E-state index contributed by atoms with van der Waals surface area (Å²) in [5.41, 5.74) is 0.852. The summed E-state index contributed by atoms with van der Waals surface area (Å²) >= 11 is 0. The Morgan fingerprint density at radius 1 is 1.36 bits per heavy atom. The standard InChI is InChI=1S/C16H20N2O4/c1-17(15(21)22-10-12-6-3-2-4-7-12)13-16(8-5-9-16)11-18(13)14(19)20/h2-4,6-7,13H,5,8-11H2,1H3,(H,19,20). The number of nitrogens with zero attached hydrogens (tertiary/aromatic N) is 2. The van der Waals surface area contributed by atoms with Crippen molar-refractivity contribution in [1.82, 2.24) is 9.80 Å². The summed E-state index contributed by atoms with van der Waals surface area (Å²) < 4.78 is 5.30. The summed E-state index contributed by atoms with van der Waals surface area (Å²) in [5.74, 6) is 0. The lowest BCUT2D eigenvalue weighted by molar-refractivity contribution is -0.161. The zero-order valence-electron chi connectivity index (χ0n) is 12.6. The molecule has 1 saturated heterocycles. The SMILES string of the molecule is CN(C(=O)OCc1ccccc1)C1N(C(=O)O)CC12CCC2. The Morgan fingerprint density at radius 3 is 2.59 bits per heavy atom. The number of likely N-dealkylation sites (tertiary alicyclic amines) is 1. The highest BCUT2D eigenvalue weighted by Gasteiger charge is 2.60. The van der Waals surface area contributed by atoms with Crippen LogP contribution in [-0.2, 0) is 11.3 Å². The van der Waals surface area contributed by atoms with Gasteiger partial charge in [-0.3, -0.25) is 9.80 Å². The summed E-state index contributed by atoms with van der Waals surface area (Å²) in [4.78, 5) is 26.3. The third-order valence-corrected chi connectivity index (χ3v) is 4.78. The monoisotopic (exact) mass is 304 g/mol. The number of carbonyl (C=O) groups is 2. The Balaban J connectivity index is 1.62. The van der Waals surface area contributed by atoms with E-state index in [1.54, 1.807) is 7.05 Å². The van der Waals surface area contributed by atoms with Crippen LogP contribution in [0.2, 0.25) is 0 Å². The number of benzene rings is 1. The molecule has 1 aliphatic carbocycles. The molecule has 2 amide bonds. The maximum atomic E-state index is 12.2. The predicted octanol–water partition coefficient (Wildman–Crippen LogP) is 2.75. The van der Waals surface area contributed by atoms with Gasteiger partial charge in [0.05, 0.1) is 0 Å². The molecule has 1 aromatic carbocycles. The van der Waals surface area contributed by atoms with Gasteiger partial charge in [-0.15, -0.1) is 0 Å². The van der Waals surface area contributed by atoms with E-state index < -0.39 is 18.4 Å².